The van der Waals surface area contributed by atoms with Crippen molar-refractivity contribution < 1.29 is 9.21 Å². The van der Waals surface area contributed by atoms with Crippen LogP contribution in [0.15, 0.2) is 35.2 Å². The highest BCUT2D eigenvalue weighted by Gasteiger charge is 2.40. The molecule has 0 aromatic carbocycles. The number of aromatic nitrogens is 1. The molecular weight excluding hydrogens is 294 g/mol. The summed E-state index contributed by atoms with van der Waals surface area (Å²) in [5, 5.41) is 19.8. The molecule has 1 aliphatic heterocycles. The first-order chi connectivity index (χ1) is 10.9. The summed E-state index contributed by atoms with van der Waals surface area (Å²) in [5.41, 5.74) is 1.22. The normalized spacial score (nSPS) is 21.0. The number of carbonyl (C=O) groups is 1. The summed E-state index contributed by atoms with van der Waals surface area (Å²) in [4.78, 5) is 17.3. The number of guanidine groups is 1. The van der Waals surface area contributed by atoms with E-state index in [4.69, 9.17) is 15.1 Å². The highest BCUT2D eigenvalue weighted by Crippen LogP contribution is 2.33. The van der Waals surface area contributed by atoms with Gasteiger partial charge in [-0.1, -0.05) is 0 Å². The molecule has 3 rings (SSSR count). The fraction of sp³-hybridized carbons (Fsp3) is 0.250. The predicted octanol–water partition coefficient (Wildman–Crippen LogP) is 1.81. The van der Waals surface area contributed by atoms with Gasteiger partial charge in [0, 0.05) is 30.6 Å². The van der Waals surface area contributed by atoms with E-state index in [0.717, 1.165) is 11.1 Å². The first-order valence-corrected chi connectivity index (χ1v) is 7.01. The van der Waals surface area contributed by atoms with Gasteiger partial charge in [0.15, 0.2) is 5.96 Å². The molecule has 0 radical (unpaired) electrons. The fourth-order valence-electron chi connectivity index (χ4n) is 2.52. The van der Waals surface area contributed by atoms with Crippen molar-refractivity contribution in [2.24, 2.45) is 0 Å². The highest BCUT2D eigenvalue weighted by atomic mass is 16.3. The summed E-state index contributed by atoms with van der Waals surface area (Å²) in [6.45, 7) is 1.82. The molecule has 0 aliphatic carbocycles. The molecule has 1 amide bonds. The number of furan rings is 1. The van der Waals surface area contributed by atoms with Crippen molar-refractivity contribution in [3.8, 4) is 17.2 Å². The van der Waals surface area contributed by atoms with Crippen molar-refractivity contribution in [1.29, 1.82) is 10.7 Å². The van der Waals surface area contributed by atoms with Crippen LogP contribution in [-0.4, -0.2) is 28.8 Å². The molecule has 1 aliphatic rings. The molecule has 0 bridgehead atoms. The third-order valence-electron chi connectivity index (χ3n) is 3.95. The Hall–Kier alpha value is -3.14. The number of nitriles is 1. The van der Waals surface area contributed by atoms with Gasteiger partial charge in [0.05, 0.1) is 18.2 Å². The molecule has 1 fully saturated rings. The Labute approximate surface area is 133 Å². The molecule has 2 aromatic heterocycles. The summed E-state index contributed by atoms with van der Waals surface area (Å²) >= 11 is 0. The number of hydrogen-bond acceptors (Lipinski definition) is 5. The molecule has 0 unspecified atom stereocenters. The van der Waals surface area contributed by atoms with Crippen LogP contribution in [0.25, 0.3) is 11.1 Å². The second kappa shape index (κ2) is 5.25. The van der Waals surface area contributed by atoms with E-state index < -0.39 is 5.54 Å². The maximum Gasteiger partial charge on any atom is 0.231 e. The van der Waals surface area contributed by atoms with Gasteiger partial charge in [0.1, 0.15) is 17.4 Å². The largest absolute Gasteiger partial charge is 0.466 e. The van der Waals surface area contributed by atoms with E-state index in [0.29, 0.717) is 11.3 Å². The molecule has 1 atom stereocenters. The summed E-state index contributed by atoms with van der Waals surface area (Å²) < 4.78 is 5.63. The maximum absolute atomic E-state index is 12.0. The van der Waals surface area contributed by atoms with E-state index in [9.17, 15) is 4.79 Å². The number of carbonyl (C=O) groups excluding carboxylic acids is 1. The molecule has 0 spiro atoms. The van der Waals surface area contributed by atoms with Gasteiger partial charge >= 0.3 is 0 Å². The van der Waals surface area contributed by atoms with Crippen LogP contribution in [0.4, 0.5) is 0 Å². The first-order valence-electron chi connectivity index (χ1n) is 7.01. The Morgan fingerprint density at radius 2 is 2.22 bits per heavy atom. The lowest BCUT2D eigenvalue weighted by atomic mass is 9.91. The lowest BCUT2D eigenvalue weighted by Crippen LogP contribution is -2.58. The van der Waals surface area contributed by atoms with Crippen molar-refractivity contribution >= 4 is 11.9 Å². The SMILES string of the molecule is CN1C(=N)N[C@](C)(c2cc(-c3cncc(C#N)c3)co2)CC1=O. The second-order valence-corrected chi connectivity index (χ2v) is 5.71. The van der Waals surface area contributed by atoms with Gasteiger partial charge in [-0.05, 0) is 19.1 Å². The van der Waals surface area contributed by atoms with Crippen LogP contribution in [0.2, 0.25) is 0 Å². The third kappa shape index (κ3) is 2.55. The van der Waals surface area contributed by atoms with Crippen LogP contribution in [-0.2, 0) is 10.3 Å². The molecule has 1 saturated heterocycles. The first kappa shape index (κ1) is 14.8. The Morgan fingerprint density at radius 3 is 2.91 bits per heavy atom. The smallest absolute Gasteiger partial charge is 0.231 e. The number of hydrogen-bond donors (Lipinski definition) is 2. The molecule has 3 heterocycles. The van der Waals surface area contributed by atoms with E-state index in [-0.39, 0.29) is 18.3 Å². The standard InChI is InChI=1S/C16H15N5O2/c1-16(5-14(22)21(2)15(18)20-16)13-4-12(9-23-13)11-3-10(6-17)7-19-8-11/h3-4,7-9H,5H2,1-2H3,(H2,18,20)/t16-/m0/s1. The minimum Gasteiger partial charge on any atom is -0.466 e. The van der Waals surface area contributed by atoms with Crippen molar-refractivity contribution in [1.82, 2.24) is 15.2 Å². The quantitative estimate of drug-likeness (QED) is 0.880. The van der Waals surface area contributed by atoms with E-state index in [1.807, 2.05) is 13.0 Å². The molecule has 0 saturated carbocycles. The number of amides is 1. The molecule has 116 valence electrons. The molecular formula is C16H15N5O2. The van der Waals surface area contributed by atoms with Gasteiger partial charge in [-0.15, -0.1) is 0 Å². The lowest BCUT2D eigenvalue weighted by Gasteiger charge is -2.37. The zero-order valence-corrected chi connectivity index (χ0v) is 12.8. The van der Waals surface area contributed by atoms with Crippen molar-refractivity contribution in [2.45, 2.75) is 18.9 Å². The Balaban J connectivity index is 1.94. The van der Waals surface area contributed by atoms with E-state index in [1.54, 1.807) is 31.6 Å². The molecule has 7 nitrogen and oxygen atoms in total. The van der Waals surface area contributed by atoms with Gasteiger partial charge in [-0.3, -0.25) is 20.1 Å². The molecule has 2 aromatic rings. The predicted molar refractivity (Wildman–Crippen MR) is 82.3 cm³/mol. The van der Waals surface area contributed by atoms with Gasteiger partial charge in [-0.2, -0.15) is 5.26 Å². The van der Waals surface area contributed by atoms with Gasteiger partial charge in [0.25, 0.3) is 0 Å². The number of nitrogens with one attached hydrogen (secondary N) is 2. The Bertz CT molecular complexity index is 815. The Morgan fingerprint density at radius 1 is 1.43 bits per heavy atom. The molecule has 23 heavy (non-hydrogen) atoms. The van der Waals surface area contributed by atoms with Crippen LogP contribution in [0.5, 0.6) is 0 Å². The van der Waals surface area contributed by atoms with E-state index in [1.165, 1.54) is 11.1 Å². The number of nitrogens with zero attached hydrogens (tertiary/aromatic N) is 3. The van der Waals surface area contributed by atoms with Gasteiger partial charge in [-0.25, -0.2) is 0 Å². The Kier molecular flexibility index (Phi) is 3.37. The topological polar surface area (TPSA) is 106 Å². The number of pyridine rings is 1. The van der Waals surface area contributed by atoms with Crippen molar-refractivity contribution in [3.05, 3.63) is 42.1 Å². The van der Waals surface area contributed by atoms with Gasteiger partial charge < -0.3 is 9.73 Å². The molecule has 2 N–H and O–H groups in total. The van der Waals surface area contributed by atoms with Crippen LogP contribution in [0, 0.1) is 16.7 Å². The fourth-order valence-corrected chi connectivity index (χ4v) is 2.52. The van der Waals surface area contributed by atoms with Crippen molar-refractivity contribution in [2.75, 3.05) is 7.05 Å². The van der Waals surface area contributed by atoms with Crippen LogP contribution in [0.1, 0.15) is 24.7 Å². The minimum absolute atomic E-state index is 0.0369. The zero-order valence-electron chi connectivity index (χ0n) is 12.8. The molecule has 7 heteroatoms. The van der Waals surface area contributed by atoms with Crippen LogP contribution in [0.3, 0.4) is 0 Å². The van der Waals surface area contributed by atoms with Gasteiger partial charge in [0.2, 0.25) is 5.91 Å². The summed E-state index contributed by atoms with van der Waals surface area (Å²) in [6.07, 6.45) is 4.89. The summed E-state index contributed by atoms with van der Waals surface area (Å²) in [5.74, 6) is 0.443. The monoisotopic (exact) mass is 309 g/mol. The highest BCUT2D eigenvalue weighted by molar-refractivity contribution is 5.98. The van der Waals surface area contributed by atoms with Crippen LogP contribution >= 0.6 is 0 Å². The average molecular weight is 309 g/mol. The maximum atomic E-state index is 12.0. The van der Waals surface area contributed by atoms with E-state index >= 15 is 0 Å². The lowest BCUT2D eigenvalue weighted by molar-refractivity contribution is -0.129. The third-order valence-corrected chi connectivity index (χ3v) is 3.95. The summed E-state index contributed by atoms with van der Waals surface area (Å²) in [6, 6.07) is 5.57. The average Bonchev–Trinajstić information content (AvgIpc) is 3.03. The number of rotatable bonds is 2. The second-order valence-electron chi connectivity index (χ2n) is 5.71. The van der Waals surface area contributed by atoms with Crippen LogP contribution < -0.4 is 5.32 Å². The zero-order chi connectivity index (χ0) is 16.6. The summed E-state index contributed by atoms with van der Waals surface area (Å²) in [7, 11) is 1.56. The van der Waals surface area contributed by atoms with E-state index in [2.05, 4.69) is 10.3 Å². The minimum atomic E-state index is -0.779. The van der Waals surface area contributed by atoms with Crippen molar-refractivity contribution in [3.63, 3.8) is 0 Å².